The van der Waals surface area contributed by atoms with Crippen molar-refractivity contribution < 1.29 is 0 Å². The summed E-state index contributed by atoms with van der Waals surface area (Å²) in [5, 5.41) is 8.38. The molecular weight excluding hydrogens is 221 g/mol. The summed E-state index contributed by atoms with van der Waals surface area (Å²) in [5.74, 6) is 0. The second kappa shape index (κ2) is 3.59. The summed E-state index contributed by atoms with van der Waals surface area (Å²) in [6.07, 6.45) is -0.366. The van der Waals surface area contributed by atoms with E-state index in [0.717, 1.165) is 11.3 Å². The van der Waals surface area contributed by atoms with Gasteiger partial charge in [0.2, 0.25) is 0 Å². The molecule has 1 heterocycles. The topological polar surface area (TPSA) is 52.2 Å². The van der Waals surface area contributed by atoms with Crippen molar-refractivity contribution in [2.75, 3.05) is 5.32 Å². The van der Waals surface area contributed by atoms with Crippen LogP contribution in [0, 0.1) is 0 Å². The predicted octanol–water partition coefficient (Wildman–Crippen LogP) is 2.33. The highest BCUT2D eigenvalue weighted by Gasteiger charge is 2.24. The second-order valence-corrected chi connectivity index (χ2v) is 4.02. The Labute approximate surface area is 92.6 Å². The number of hydrogen-bond donors (Lipinski definition) is 2. The van der Waals surface area contributed by atoms with Crippen molar-refractivity contribution in [1.82, 2.24) is 5.32 Å². The lowest BCUT2D eigenvalue weighted by atomic mass is 10.0. The fourth-order valence-corrected chi connectivity index (χ4v) is 2.10. The van der Waals surface area contributed by atoms with Crippen LogP contribution >= 0.6 is 23.2 Å². The van der Waals surface area contributed by atoms with Gasteiger partial charge in [-0.1, -0.05) is 23.2 Å². The van der Waals surface area contributed by atoms with Gasteiger partial charge in [0.25, 0.3) is 0 Å². The molecule has 2 atom stereocenters. The zero-order valence-electron chi connectivity index (χ0n) is 7.59. The first-order valence-electron chi connectivity index (χ1n) is 4.29. The first-order valence-corrected chi connectivity index (χ1v) is 5.05. The van der Waals surface area contributed by atoms with Gasteiger partial charge in [-0.05, 0) is 19.1 Å². The number of nitrogens with two attached hydrogens (primary N) is 1. The molecule has 0 saturated heterocycles. The van der Waals surface area contributed by atoms with Crippen molar-refractivity contribution in [3.05, 3.63) is 27.7 Å². The molecule has 0 aliphatic carbocycles. The zero-order chi connectivity index (χ0) is 10.3. The Balaban J connectivity index is 2.54. The van der Waals surface area contributed by atoms with Crippen LogP contribution in [0.4, 0.5) is 5.69 Å². The van der Waals surface area contributed by atoms with Crippen molar-refractivity contribution >= 4 is 28.9 Å². The third kappa shape index (κ3) is 1.57. The van der Waals surface area contributed by atoms with Crippen LogP contribution in [0.25, 0.3) is 0 Å². The van der Waals surface area contributed by atoms with E-state index in [9.17, 15) is 0 Å². The fourth-order valence-electron chi connectivity index (χ4n) is 1.61. The van der Waals surface area contributed by atoms with Gasteiger partial charge in [0.1, 0.15) is 6.29 Å². The Bertz CT molecular complexity index is 367. The molecule has 14 heavy (non-hydrogen) atoms. The third-order valence-corrected chi connectivity index (χ3v) is 3.06. The molecule has 5 heteroatoms. The summed E-state index contributed by atoms with van der Waals surface area (Å²) in [6, 6.07) is 3.60. The normalized spacial score (nSPS) is 25.4. The van der Waals surface area contributed by atoms with E-state index in [1.54, 1.807) is 6.07 Å². The van der Waals surface area contributed by atoms with Gasteiger partial charge in [-0.2, -0.15) is 5.32 Å². The van der Waals surface area contributed by atoms with Gasteiger partial charge in [-0.25, -0.2) is 0 Å². The summed E-state index contributed by atoms with van der Waals surface area (Å²) in [5.41, 5.74) is 7.50. The van der Waals surface area contributed by atoms with Crippen LogP contribution in [0.15, 0.2) is 12.1 Å². The van der Waals surface area contributed by atoms with Crippen molar-refractivity contribution in [2.45, 2.75) is 19.3 Å². The third-order valence-electron chi connectivity index (χ3n) is 2.24. The highest BCUT2D eigenvalue weighted by atomic mass is 35.5. The maximum absolute atomic E-state index is 6.08. The molecule has 0 spiro atoms. The van der Waals surface area contributed by atoms with Crippen LogP contribution < -0.4 is 16.4 Å². The molecule has 1 aliphatic heterocycles. The van der Waals surface area contributed by atoms with Crippen LogP contribution in [-0.4, -0.2) is 6.29 Å². The summed E-state index contributed by atoms with van der Waals surface area (Å²) >= 11 is 12.0. The minimum Gasteiger partial charge on any atom is -0.356 e. The quantitative estimate of drug-likeness (QED) is 0.719. The first kappa shape index (κ1) is 10.1. The van der Waals surface area contributed by atoms with Crippen molar-refractivity contribution in [2.24, 2.45) is 5.73 Å². The lowest BCUT2D eigenvalue weighted by Gasteiger charge is -2.29. The second-order valence-electron chi connectivity index (χ2n) is 3.24. The van der Waals surface area contributed by atoms with E-state index in [-0.39, 0.29) is 12.3 Å². The Hall–Kier alpha value is -0.480. The Kier molecular flexibility index (Phi) is 2.58. The van der Waals surface area contributed by atoms with Gasteiger partial charge in [0.15, 0.2) is 0 Å². The van der Waals surface area contributed by atoms with E-state index in [1.165, 1.54) is 0 Å². The summed E-state index contributed by atoms with van der Waals surface area (Å²) < 4.78 is 0. The van der Waals surface area contributed by atoms with Gasteiger partial charge < -0.3 is 5.32 Å². The standard InChI is InChI=1S/C9H10Cl2N3/c1-4-7-6(14-9(12)13-4)3-2-5(10)8(7)11/h2-4,9,14H,12H2,1H3. The van der Waals surface area contributed by atoms with Crippen molar-refractivity contribution in [3.8, 4) is 0 Å². The monoisotopic (exact) mass is 230 g/mol. The molecule has 1 radical (unpaired) electrons. The fraction of sp³-hybridized carbons (Fsp3) is 0.333. The minimum atomic E-state index is -0.366. The van der Waals surface area contributed by atoms with E-state index in [1.807, 2.05) is 13.0 Å². The average molecular weight is 231 g/mol. The molecular formula is C9H10Cl2N3. The molecule has 1 aromatic rings. The van der Waals surface area contributed by atoms with E-state index in [4.69, 9.17) is 28.9 Å². The number of nitrogens with zero attached hydrogens (tertiary/aromatic N) is 1. The minimum absolute atomic E-state index is 0.0209. The number of fused-ring (bicyclic) bond motifs is 1. The number of nitrogens with one attached hydrogen (secondary N) is 1. The number of hydrogen-bond acceptors (Lipinski definition) is 2. The molecule has 2 unspecified atom stereocenters. The van der Waals surface area contributed by atoms with Gasteiger partial charge in [0.05, 0.1) is 16.1 Å². The van der Waals surface area contributed by atoms with E-state index < -0.39 is 0 Å². The number of anilines is 1. The Morgan fingerprint density at radius 1 is 1.43 bits per heavy atom. The van der Waals surface area contributed by atoms with Crippen LogP contribution in [0.2, 0.25) is 10.0 Å². The van der Waals surface area contributed by atoms with Crippen molar-refractivity contribution in [3.63, 3.8) is 0 Å². The number of benzene rings is 1. The maximum Gasteiger partial charge on any atom is 0.146 e. The molecule has 1 aromatic carbocycles. The molecule has 2 rings (SSSR count). The molecule has 0 fully saturated rings. The molecule has 3 N–H and O–H groups in total. The Morgan fingerprint density at radius 2 is 2.14 bits per heavy atom. The first-order chi connectivity index (χ1) is 6.59. The van der Waals surface area contributed by atoms with E-state index in [0.29, 0.717) is 10.0 Å². The molecule has 1 aliphatic rings. The molecule has 0 bridgehead atoms. The molecule has 0 saturated carbocycles. The number of rotatable bonds is 0. The van der Waals surface area contributed by atoms with Crippen LogP contribution in [0.5, 0.6) is 0 Å². The van der Waals surface area contributed by atoms with Gasteiger partial charge in [-0.3, -0.25) is 5.73 Å². The van der Waals surface area contributed by atoms with Crippen LogP contribution in [0.1, 0.15) is 18.5 Å². The zero-order valence-corrected chi connectivity index (χ0v) is 9.10. The molecule has 75 valence electrons. The van der Waals surface area contributed by atoms with Gasteiger partial charge in [-0.15, -0.1) is 0 Å². The summed E-state index contributed by atoms with van der Waals surface area (Å²) in [6.45, 7) is 1.95. The molecule has 0 aromatic heterocycles. The highest BCUT2D eigenvalue weighted by molar-refractivity contribution is 6.42. The maximum atomic E-state index is 6.08. The van der Waals surface area contributed by atoms with Gasteiger partial charge in [0, 0.05) is 11.3 Å². The lowest BCUT2D eigenvalue weighted by Crippen LogP contribution is -2.43. The van der Waals surface area contributed by atoms with Crippen LogP contribution in [-0.2, 0) is 0 Å². The Morgan fingerprint density at radius 3 is 2.86 bits per heavy atom. The summed E-state index contributed by atoms with van der Waals surface area (Å²) in [7, 11) is 0. The number of halogens is 2. The van der Waals surface area contributed by atoms with Crippen LogP contribution in [0.3, 0.4) is 0 Å². The SMILES string of the molecule is CC1[N]C(N)Nc2ccc(Cl)c(Cl)c21. The smallest absolute Gasteiger partial charge is 0.146 e. The lowest BCUT2D eigenvalue weighted by molar-refractivity contribution is 0.469. The summed E-state index contributed by atoms with van der Waals surface area (Å²) in [4.78, 5) is 0. The highest BCUT2D eigenvalue weighted by Crippen LogP contribution is 2.38. The van der Waals surface area contributed by atoms with Gasteiger partial charge >= 0.3 is 0 Å². The molecule has 0 amide bonds. The average Bonchev–Trinajstić information content (AvgIpc) is 2.10. The predicted molar refractivity (Wildman–Crippen MR) is 58.6 cm³/mol. The largest absolute Gasteiger partial charge is 0.356 e. The molecule has 3 nitrogen and oxygen atoms in total. The van der Waals surface area contributed by atoms with Crippen molar-refractivity contribution in [1.29, 1.82) is 0 Å². The van der Waals surface area contributed by atoms with E-state index >= 15 is 0 Å². The van der Waals surface area contributed by atoms with E-state index in [2.05, 4.69) is 10.6 Å².